The van der Waals surface area contributed by atoms with Crippen LogP contribution in [0.25, 0.3) is 0 Å². The van der Waals surface area contributed by atoms with Crippen molar-refractivity contribution in [2.24, 2.45) is 0 Å². The minimum absolute atomic E-state index is 0. The molecule has 0 radical (unpaired) electrons. The van der Waals surface area contributed by atoms with Crippen LogP contribution in [0.15, 0.2) is 45.3 Å². The van der Waals surface area contributed by atoms with Gasteiger partial charge in [0.1, 0.15) is 18.1 Å². The van der Waals surface area contributed by atoms with Gasteiger partial charge in [-0.2, -0.15) is 0 Å². The van der Waals surface area contributed by atoms with Crippen LogP contribution in [0, 0.1) is 0 Å². The third kappa shape index (κ3) is 5.00. The van der Waals surface area contributed by atoms with Crippen molar-refractivity contribution in [2.75, 3.05) is 20.1 Å². The summed E-state index contributed by atoms with van der Waals surface area (Å²) in [5, 5.41) is 3.15. The molecule has 1 aromatic carbocycles. The lowest BCUT2D eigenvalue weighted by Gasteiger charge is -2.23. The van der Waals surface area contributed by atoms with Crippen molar-refractivity contribution in [3.8, 4) is 5.75 Å². The largest absolute Gasteiger partial charge is 0.486 e. The predicted octanol–water partition coefficient (Wildman–Crippen LogP) is 3.87. The average Bonchev–Trinajstić information content (AvgIpc) is 3.23. The number of furan rings is 1. The van der Waals surface area contributed by atoms with Crippen LogP contribution in [0.3, 0.4) is 0 Å². The SMILES string of the molecule is CNCC1CCCN1C(=O)c1ccc(COc2ccc(Br)cc2)o1.Cl. The molecule has 3 rings (SSSR count). The van der Waals surface area contributed by atoms with Gasteiger partial charge in [-0.05, 0) is 56.3 Å². The molecule has 5 nitrogen and oxygen atoms in total. The van der Waals surface area contributed by atoms with Crippen LogP contribution < -0.4 is 10.1 Å². The summed E-state index contributed by atoms with van der Waals surface area (Å²) in [7, 11) is 1.91. The summed E-state index contributed by atoms with van der Waals surface area (Å²) in [6.07, 6.45) is 2.07. The summed E-state index contributed by atoms with van der Waals surface area (Å²) in [6.45, 7) is 1.90. The molecule has 1 atom stereocenters. The molecule has 0 bridgehead atoms. The minimum Gasteiger partial charge on any atom is -0.486 e. The molecule has 136 valence electrons. The first-order valence-electron chi connectivity index (χ1n) is 8.10. The van der Waals surface area contributed by atoms with Gasteiger partial charge in [-0.15, -0.1) is 12.4 Å². The van der Waals surface area contributed by atoms with E-state index in [0.717, 1.165) is 36.2 Å². The Morgan fingerprint density at radius 1 is 1.32 bits per heavy atom. The molecule has 0 aliphatic carbocycles. The topological polar surface area (TPSA) is 54.7 Å². The van der Waals surface area contributed by atoms with Gasteiger partial charge >= 0.3 is 0 Å². The first-order valence-corrected chi connectivity index (χ1v) is 8.89. The maximum Gasteiger partial charge on any atom is 0.289 e. The molecule has 0 spiro atoms. The molecule has 1 saturated heterocycles. The number of benzene rings is 1. The number of hydrogen-bond donors (Lipinski definition) is 1. The lowest BCUT2D eigenvalue weighted by molar-refractivity contribution is 0.0700. The summed E-state index contributed by atoms with van der Waals surface area (Å²) >= 11 is 3.39. The van der Waals surface area contributed by atoms with Gasteiger partial charge in [0.25, 0.3) is 5.91 Å². The highest BCUT2D eigenvalue weighted by molar-refractivity contribution is 9.10. The molecular weight excluding hydrogens is 408 g/mol. The lowest BCUT2D eigenvalue weighted by atomic mass is 10.2. The number of carbonyl (C=O) groups is 1. The van der Waals surface area contributed by atoms with E-state index >= 15 is 0 Å². The molecule has 1 N–H and O–H groups in total. The van der Waals surface area contributed by atoms with E-state index in [-0.39, 0.29) is 24.4 Å². The normalized spacial score (nSPS) is 16.6. The van der Waals surface area contributed by atoms with E-state index in [1.165, 1.54) is 0 Å². The highest BCUT2D eigenvalue weighted by atomic mass is 79.9. The Hall–Kier alpha value is -1.50. The van der Waals surface area contributed by atoms with Crippen LogP contribution in [-0.4, -0.2) is 37.0 Å². The second kappa shape index (κ2) is 9.27. The molecule has 1 amide bonds. The maximum atomic E-state index is 12.6. The number of amides is 1. The first kappa shape index (κ1) is 19.8. The Morgan fingerprint density at radius 2 is 2.08 bits per heavy atom. The zero-order valence-corrected chi connectivity index (χ0v) is 16.4. The Bertz CT molecular complexity index is 690. The van der Waals surface area contributed by atoms with E-state index in [0.29, 0.717) is 18.1 Å². The van der Waals surface area contributed by atoms with Crippen molar-refractivity contribution in [1.82, 2.24) is 10.2 Å². The number of hydrogen-bond acceptors (Lipinski definition) is 4. The molecule has 1 fully saturated rings. The number of nitrogens with zero attached hydrogens (tertiary/aromatic N) is 1. The van der Waals surface area contributed by atoms with Gasteiger partial charge in [0.2, 0.25) is 0 Å². The Balaban J connectivity index is 0.00000225. The number of ether oxygens (including phenoxy) is 1. The fraction of sp³-hybridized carbons (Fsp3) is 0.389. The summed E-state index contributed by atoms with van der Waals surface area (Å²) in [6, 6.07) is 11.4. The Kier molecular flexibility index (Phi) is 7.35. The van der Waals surface area contributed by atoms with Crippen LogP contribution in [-0.2, 0) is 6.61 Å². The van der Waals surface area contributed by atoms with Crippen LogP contribution in [0.2, 0.25) is 0 Å². The van der Waals surface area contributed by atoms with Crippen LogP contribution in [0.1, 0.15) is 29.2 Å². The molecule has 0 saturated carbocycles. The molecule has 2 heterocycles. The third-order valence-corrected chi connectivity index (χ3v) is 4.67. The van der Waals surface area contributed by atoms with Crippen LogP contribution in [0.4, 0.5) is 0 Å². The molecular formula is C18H22BrClN2O3. The Labute approximate surface area is 162 Å². The lowest BCUT2D eigenvalue weighted by Crippen LogP contribution is -2.40. The van der Waals surface area contributed by atoms with Crippen molar-refractivity contribution in [3.05, 3.63) is 52.4 Å². The van der Waals surface area contributed by atoms with E-state index in [2.05, 4.69) is 21.2 Å². The standard InChI is InChI=1S/C18H21BrN2O3.ClH/c1-20-11-14-3-2-10-21(14)18(22)17-9-8-16(24-17)12-23-15-6-4-13(19)5-7-15;/h4-9,14,20H,2-3,10-12H2,1H3;1H. The van der Waals surface area contributed by atoms with Gasteiger partial charge < -0.3 is 19.4 Å². The summed E-state index contributed by atoms with van der Waals surface area (Å²) in [5.74, 6) is 1.75. The van der Waals surface area contributed by atoms with Crippen molar-refractivity contribution in [1.29, 1.82) is 0 Å². The second-order valence-corrected chi connectivity index (χ2v) is 6.78. The maximum absolute atomic E-state index is 12.6. The summed E-state index contributed by atoms with van der Waals surface area (Å²) < 4.78 is 12.4. The summed E-state index contributed by atoms with van der Waals surface area (Å²) in [5.41, 5.74) is 0. The number of likely N-dealkylation sites (N-methyl/N-ethyl adjacent to an activating group) is 1. The average molecular weight is 430 g/mol. The molecule has 25 heavy (non-hydrogen) atoms. The van der Waals surface area contributed by atoms with E-state index < -0.39 is 0 Å². The molecule has 2 aromatic rings. The number of likely N-dealkylation sites (tertiary alicyclic amines) is 1. The smallest absolute Gasteiger partial charge is 0.289 e. The van der Waals surface area contributed by atoms with Crippen LogP contribution in [0.5, 0.6) is 5.75 Å². The van der Waals surface area contributed by atoms with Crippen molar-refractivity contribution in [2.45, 2.75) is 25.5 Å². The van der Waals surface area contributed by atoms with Gasteiger partial charge in [0, 0.05) is 23.6 Å². The highest BCUT2D eigenvalue weighted by Crippen LogP contribution is 2.22. The molecule has 1 unspecified atom stereocenters. The number of rotatable bonds is 6. The van der Waals surface area contributed by atoms with Crippen LogP contribution >= 0.6 is 28.3 Å². The highest BCUT2D eigenvalue weighted by Gasteiger charge is 2.30. The number of carbonyl (C=O) groups excluding carboxylic acids is 1. The fourth-order valence-electron chi connectivity index (χ4n) is 2.95. The fourth-order valence-corrected chi connectivity index (χ4v) is 3.21. The Morgan fingerprint density at radius 3 is 2.80 bits per heavy atom. The van der Waals surface area contributed by atoms with E-state index in [9.17, 15) is 4.79 Å². The second-order valence-electron chi connectivity index (χ2n) is 5.86. The number of halogens is 2. The van der Waals surface area contributed by atoms with Gasteiger partial charge in [0.15, 0.2) is 5.76 Å². The van der Waals surface area contributed by atoms with Gasteiger partial charge in [-0.1, -0.05) is 15.9 Å². The molecule has 1 aliphatic heterocycles. The van der Waals surface area contributed by atoms with Crippen molar-refractivity contribution in [3.63, 3.8) is 0 Å². The summed E-state index contributed by atoms with van der Waals surface area (Å²) in [4.78, 5) is 14.5. The third-order valence-electron chi connectivity index (χ3n) is 4.14. The zero-order valence-electron chi connectivity index (χ0n) is 14.0. The molecule has 1 aromatic heterocycles. The van der Waals surface area contributed by atoms with Crippen molar-refractivity contribution < 1.29 is 13.9 Å². The molecule has 7 heteroatoms. The van der Waals surface area contributed by atoms with Crippen molar-refractivity contribution >= 4 is 34.2 Å². The van der Waals surface area contributed by atoms with Gasteiger partial charge in [-0.25, -0.2) is 0 Å². The predicted molar refractivity (Wildman–Crippen MR) is 102 cm³/mol. The quantitative estimate of drug-likeness (QED) is 0.757. The first-order chi connectivity index (χ1) is 11.7. The zero-order chi connectivity index (χ0) is 16.9. The number of nitrogens with one attached hydrogen (secondary N) is 1. The van der Waals surface area contributed by atoms with Gasteiger partial charge in [-0.3, -0.25) is 4.79 Å². The van der Waals surface area contributed by atoms with E-state index in [1.807, 2.05) is 36.2 Å². The van der Waals surface area contributed by atoms with Gasteiger partial charge in [0.05, 0.1) is 0 Å². The minimum atomic E-state index is -0.0392. The monoisotopic (exact) mass is 428 g/mol. The van der Waals surface area contributed by atoms with E-state index in [1.54, 1.807) is 12.1 Å². The molecule has 1 aliphatic rings. The van der Waals surface area contributed by atoms with E-state index in [4.69, 9.17) is 9.15 Å².